The summed E-state index contributed by atoms with van der Waals surface area (Å²) >= 11 is 0. The van der Waals surface area contributed by atoms with Crippen molar-refractivity contribution in [2.45, 2.75) is 26.3 Å². The molecular formula is C15H17N. The van der Waals surface area contributed by atoms with Crippen LogP contribution in [0.25, 0.3) is 11.1 Å². The number of hydrogen-bond donors (Lipinski definition) is 0. The minimum Gasteiger partial charge on any atom is -0.351 e. The highest BCUT2D eigenvalue weighted by molar-refractivity contribution is 5.63. The van der Waals surface area contributed by atoms with E-state index in [2.05, 4.69) is 54.1 Å². The number of rotatable bonds is 1. The summed E-state index contributed by atoms with van der Waals surface area (Å²) in [5.41, 5.74) is 4.19. The summed E-state index contributed by atoms with van der Waals surface area (Å²) < 4.78 is 2.42. The van der Waals surface area contributed by atoms with Crippen LogP contribution in [-0.4, -0.2) is 4.57 Å². The summed E-state index contributed by atoms with van der Waals surface area (Å²) in [7, 11) is 0. The van der Waals surface area contributed by atoms with Crippen molar-refractivity contribution in [1.29, 1.82) is 0 Å². The molecule has 1 heteroatoms. The molecule has 16 heavy (non-hydrogen) atoms. The Labute approximate surface area is 96.7 Å². The maximum absolute atomic E-state index is 2.42. The van der Waals surface area contributed by atoms with Gasteiger partial charge < -0.3 is 4.57 Å². The Balaban J connectivity index is 1.99. The van der Waals surface area contributed by atoms with E-state index in [0.717, 1.165) is 5.92 Å². The van der Waals surface area contributed by atoms with Crippen molar-refractivity contribution in [3.8, 4) is 11.1 Å². The second-order valence-corrected chi connectivity index (χ2v) is 4.88. The molecule has 0 aliphatic carbocycles. The van der Waals surface area contributed by atoms with E-state index in [1.54, 1.807) is 0 Å². The summed E-state index contributed by atoms with van der Waals surface area (Å²) in [6, 6.07) is 13.0. The molecule has 0 radical (unpaired) electrons. The lowest BCUT2D eigenvalue weighted by molar-refractivity contribution is 0.417. The van der Waals surface area contributed by atoms with Crippen molar-refractivity contribution < 1.29 is 0 Å². The monoisotopic (exact) mass is 211 g/mol. The molecule has 0 saturated heterocycles. The van der Waals surface area contributed by atoms with Gasteiger partial charge in [0.1, 0.15) is 0 Å². The molecule has 3 rings (SSSR count). The lowest BCUT2D eigenvalue weighted by atomic mass is 9.98. The minimum atomic E-state index is 0.839. The van der Waals surface area contributed by atoms with Crippen molar-refractivity contribution in [3.63, 3.8) is 0 Å². The number of aromatic nitrogens is 1. The first-order chi connectivity index (χ1) is 7.83. The van der Waals surface area contributed by atoms with Crippen LogP contribution in [0.3, 0.4) is 0 Å². The highest BCUT2D eigenvalue weighted by atomic mass is 15.0. The fraction of sp³-hybridized carbons (Fsp3) is 0.333. The summed E-state index contributed by atoms with van der Waals surface area (Å²) in [6.45, 7) is 3.53. The lowest BCUT2D eigenvalue weighted by Gasteiger charge is -2.20. The minimum absolute atomic E-state index is 0.839. The molecule has 0 N–H and O–H groups in total. The SMILES string of the molecule is C[C@H]1CCn2cc(-c3ccccc3)cc2C1. The lowest BCUT2D eigenvalue weighted by Crippen LogP contribution is -2.15. The quantitative estimate of drug-likeness (QED) is 0.677. The Kier molecular flexibility index (Phi) is 2.32. The average Bonchev–Trinajstić information content (AvgIpc) is 2.73. The van der Waals surface area contributed by atoms with Crippen molar-refractivity contribution in [3.05, 3.63) is 48.3 Å². The third kappa shape index (κ3) is 1.67. The summed E-state index contributed by atoms with van der Waals surface area (Å²) in [5.74, 6) is 0.839. The largest absolute Gasteiger partial charge is 0.351 e. The topological polar surface area (TPSA) is 4.93 Å². The van der Waals surface area contributed by atoms with Crippen molar-refractivity contribution >= 4 is 0 Å². The van der Waals surface area contributed by atoms with E-state index in [-0.39, 0.29) is 0 Å². The first-order valence-electron chi connectivity index (χ1n) is 6.07. The molecule has 1 atom stereocenters. The van der Waals surface area contributed by atoms with Gasteiger partial charge in [-0.1, -0.05) is 37.3 Å². The van der Waals surface area contributed by atoms with Crippen LogP contribution in [-0.2, 0) is 13.0 Å². The van der Waals surface area contributed by atoms with E-state index in [1.807, 2.05) is 0 Å². The molecule has 2 aromatic rings. The standard InChI is InChI=1S/C15H17N/c1-12-7-8-16-11-14(10-15(16)9-12)13-5-3-2-4-6-13/h2-6,10-12H,7-9H2,1H3/t12-/m0/s1. The van der Waals surface area contributed by atoms with Crippen LogP contribution in [0, 0.1) is 5.92 Å². The van der Waals surface area contributed by atoms with Crippen LogP contribution in [0.2, 0.25) is 0 Å². The predicted molar refractivity (Wildman–Crippen MR) is 67.4 cm³/mol. The Morgan fingerprint density at radius 2 is 1.94 bits per heavy atom. The third-order valence-electron chi connectivity index (χ3n) is 3.51. The van der Waals surface area contributed by atoms with Crippen molar-refractivity contribution in [2.24, 2.45) is 5.92 Å². The molecule has 1 aliphatic rings. The highest BCUT2D eigenvalue weighted by Crippen LogP contribution is 2.27. The zero-order chi connectivity index (χ0) is 11.0. The van der Waals surface area contributed by atoms with E-state index < -0.39 is 0 Å². The number of hydrogen-bond acceptors (Lipinski definition) is 0. The van der Waals surface area contributed by atoms with E-state index >= 15 is 0 Å². The maximum atomic E-state index is 2.42. The van der Waals surface area contributed by atoms with Gasteiger partial charge in [-0.25, -0.2) is 0 Å². The molecule has 0 fully saturated rings. The summed E-state index contributed by atoms with van der Waals surface area (Å²) in [6.07, 6.45) is 4.85. The molecule has 2 heterocycles. The Morgan fingerprint density at radius 3 is 2.75 bits per heavy atom. The van der Waals surface area contributed by atoms with Gasteiger partial charge in [-0.05, 0) is 36.0 Å². The fourth-order valence-electron chi connectivity index (χ4n) is 2.54. The molecule has 1 aromatic heterocycles. The second-order valence-electron chi connectivity index (χ2n) is 4.88. The first kappa shape index (κ1) is 9.71. The van der Waals surface area contributed by atoms with Crippen molar-refractivity contribution in [2.75, 3.05) is 0 Å². The molecule has 1 aliphatic heterocycles. The average molecular weight is 211 g/mol. The van der Waals surface area contributed by atoms with E-state index in [0.29, 0.717) is 0 Å². The van der Waals surface area contributed by atoms with Gasteiger partial charge in [0.25, 0.3) is 0 Å². The highest BCUT2D eigenvalue weighted by Gasteiger charge is 2.15. The molecule has 82 valence electrons. The van der Waals surface area contributed by atoms with E-state index in [4.69, 9.17) is 0 Å². The number of aryl methyl sites for hydroxylation is 1. The molecule has 0 spiro atoms. The smallest absolute Gasteiger partial charge is 0.0225 e. The van der Waals surface area contributed by atoms with Gasteiger partial charge in [0.2, 0.25) is 0 Å². The van der Waals surface area contributed by atoms with Gasteiger partial charge in [0.15, 0.2) is 0 Å². The van der Waals surface area contributed by atoms with Crippen LogP contribution < -0.4 is 0 Å². The Morgan fingerprint density at radius 1 is 1.12 bits per heavy atom. The van der Waals surface area contributed by atoms with Crippen LogP contribution >= 0.6 is 0 Å². The molecule has 0 bridgehead atoms. The van der Waals surface area contributed by atoms with Gasteiger partial charge in [-0.2, -0.15) is 0 Å². The number of benzene rings is 1. The van der Waals surface area contributed by atoms with E-state index in [9.17, 15) is 0 Å². The maximum Gasteiger partial charge on any atom is 0.0225 e. The zero-order valence-corrected chi connectivity index (χ0v) is 9.69. The molecule has 1 aromatic carbocycles. The molecule has 0 amide bonds. The van der Waals surface area contributed by atoms with Crippen LogP contribution in [0.4, 0.5) is 0 Å². The molecule has 0 unspecified atom stereocenters. The second kappa shape index (κ2) is 3.82. The Bertz CT molecular complexity index is 481. The summed E-state index contributed by atoms with van der Waals surface area (Å²) in [4.78, 5) is 0. The zero-order valence-electron chi connectivity index (χ0n) is 9.69. The fourth-order valence-corrected chi connectivity index (χ4v) is 2.54. The molecule has 0 saturated carbocycles. The van der Waals surface area contributed by atoms with Crippen LogP contribution in [0.1, 0.15) is 19.0 Å². The predicted octanol–water partition coefficient (Wildman–Crippen LogP) is 3.74. The number of nitrogens with zero attached hydrogens (tertiary/aromatic N) is 1. The molecular weight excluding hydrogens is 194 g/mol. The van der Waals surface area contributed by atoms with Crippen LogP contribution in [0.5, 0.6) is 0 Å². The molecule has 1 nitrogen and oxygen atoms in total. The third-order valence-corrected chi connectivity index (χ3v) is 3.51. The summed E-state index contributed by atoms with van der Waals surface area (Å²) in [5, 5.41) is 0. The van der Waals surface area contributed by atoms with Crippen LogP contribution in [0.15, 0.2) is 42.6 Å². The van der Waals surface area contributed by atoms with Gasteiger partial charge in [-0.3, -0.25) is 0 Å². The van der Waals surface area contributed by atoms with Gasteiger partial charge >= 0.3 is 0 Å². The van der Waals surface area contributed by atoms with Gasteiger partial charge in [0.05, 0.1) is 0 Å². The van der Waals surface area contributed by atoms with Gasteiger partial charge in [0, 0.05) is 18.4 Å². The van der Waals surface area contributed by atoms with Crippen molar-refractivity contribution in [1.82, 2.24) is 4.57 Å². The normalized spacial score (nSPS) is 19.4. The van der Waals surface area contributed by atoms with Gasteiger partial charge in [-0.15, -0.1) is 0 Å². The number of fused-ring (bicyclic) bond motifs is 1. The first-order valence-corrected chi connectivity index (χ1v) is 6.07. The Hall–Kier alpha value is -1.50. The van der Waals surface area contributed by atoms with E-state index in [1.165, 1.54) is 36.2 Å².